The minimum Gasteiger partial charge on any atom is -0.467 e. The van der Waals surface area contributed by atoms with Gasteiger partial charge in [0.15, 0.2) is 11.6 Å². The molecule has 0 saturated carbocycles. The van der Waals surface area contributed by atoms with Crippen molar-refractivity contribution in [3.8, 4) is 17.4 Å². The van der Waals surface area contributed by atoms with E-state index in [4.69, 9.17) is 27.9 Å². The fourth-order valence-electron chi connectivity index (χ4n) is 1.24. The van der Waals surface area contributed by atoms with Gasteiger partial charge in [0.05, 0.1) is 17.7 Å². The maximum atomic E-state index is 14.0. The maximum absolute atomic E-state index is 14.0. The standard InChI is InChI=1S/C10H5BrCl2FN3O/c1-18-10-16-8(15-9(13)17-10)4-2-3-5(11)6(12)7(4)14/h2-3H,1H3. The number of benzene rings is 1. The molecule has 0 radical (unpaired) electrons. The Bertz CT molecular complexity index is 612. The summed E-state index contributed by atoms with van der Waals surface area (Å²) in [6.45, 7) is 0. The summed E-state index contributed by atoms with van der Waals surface area (Å²) in [5, 5.41) is -0.140. The average Bonchev–Trinajstić information content (AvgIpc) is 2.35. The van der Waals surface area contributed by atoms with Crippen LogP contribution in [0.2, 0.25) is 10.3 Å². The van der Waals surface area contributed by atoms with Crippen molar-refractivity contribution in [1.29, 1.82) is 0 Å². The number of nitrogens with zero attached hydrogens (tertiary/aromatic N) is 3. The molecule has 2 aromatic rings. The van der Waals surface area contributed by atoms with E-state index in [-0.39, 0.29) is 27.7 Å². The summed E-state index contributed by atoms with van der Waals surface area (Å²) in [7, 11) is 1.38. The van der Waals surface area contributed by atoms with Crippen LogP contribution in [-0.2, 0) is 0 Å². The third-order valence-corrected chi connectivity index (χ3v) is 3.47. The molecule has 2 rings (SSSR count). The molecule has 0 atom stereocenters. The van der Waals surface area contributed by atoms with Gasteiger partial charge in [0.1, 0.15) is 0 Å². The predicted molar refractivity (Wildman–Crippen MR) is 69.5 cm³/mol. The molecule has 0 aliphatic rings. The van der Waals surface area contributed by atoms with E-state index >= 15 is 0 Å². The van der Waals surface area contributed by atoms with Gasteiger partial charge in [-0.3, -0.25) is 0 Å². The lowest BCUT2D eigenvalue weighted by Gasteiger charge is -2.06. The van der Waals surface area contributed by atoms with Gasteiger partial charge in [0.25, 0.3) is 0 Å². The van der Waals surface area contributed by atoms with Crippen molar-refractivity contribution in [1.82, 2.24) is 15.0 Å². The summed E-state index contributed by atoms with van der Waals surface area (Å²) in [6.07, 6.45) is 0. The fourth-order valence-corrected chi connectivity index (χ4v) is 1.87. The Labute approximate surface area is 120 Å². The van der Waals surface area contributed by atoms with Gasteiger partial charge in [-0.15, -0.1) is 0 Å². The van der Waals surface area contributed by atoms with Crippen molar-refractivity contribution >= 4 is 39.1 Å². The van der Waals surface area contributed by atoms with Crippen LogP contribution in [0.25, 0.3) is 11.4 Å². The Balaban J connectivity index is 2.62. The lowest BCUT2D eigenvalue weighted by molar-refractivity contribution is 0.378. The average molecular weight is 353 g/mol. The van der Waals surface area contributed by atoms with Crippen molar-refractivity contribution in [2.45, 2.75) is 0 Å². The van der Waals surface area contributed by atoms with Crippen molar-refractivity contribution < 1.29 is 9.13 Å². The maximum Gasteiger partial charge on any atom is 0.321 e. The Morgan fingerprint density at radius 1 is 1.22 bits per heavy atom. The van der Waals surface area contributed by atoms with Gasteiger partial charge in [-0.05, 0) is 39.7 Å². The van der Waals surface area contributed by atoms with E-state index < -0.39 is 5.82 Å². The molecular formula is C10H5BrCl2FN3O. The molecule has 94 valence electrons. The molecule has 0 unspecified atom stereocenters. The first-order valence-corrected chi connectivity index (χ1v) is 6.17. The Kier molecular flexibility index (Phi) is 3.99. The zero-order valence-electron chi connectivity index (χ0n) is 8.92. The molecule has 1 aromatic heterocycles. The summed E-state index contributed by atoms with van der Waals surface area (Å²) < 4.78 is 19.3. The van der Waals surface area contributed by atoms with Gasteiger partial charge < -0.3 is 4.74 Å². The molecule has 8 heteroatoms. The van der Waals surface area contributed by atoms with Crippen LogP contribution in [0.4, 0.5) is 4.39 Å². The van der Waals surface area contributed by atoms with Crippen molar-refractivity contribution in [3.63, 3.8) is 0 Å². The Morgan fingerprint density at radius 2 is 1.94 bits per heavy atom. The SMILES string of the molecule is COc1nc(Cl)nc(-c2ccc(Br)c(Cl)c2F)n1. The quantitative estimate of drug-likeness (QED) is 0.772. The van der Waals surface area contributed by atoms with E-state index in [2.05, 4.69) is 30.9 Å². The number of aromatic nitrogens is 3. The second kappa shape index (κ2) is 5.34. The zero-order valence-corrected chi connectivity index (χ0v) is 12.0. The summed E-state index contributed by atoms with van der Waals surface area (Å²) in [4.78, 5) is 11.4. The van der Waals surface area contributed by atoms with Crippen LogP contribution in [0.5, 0.6) is 6.01 Å². The highest BCUT2D eigenvalue weighted by Crippen LogP contribution is 2.32. The summed E-state index contributed by atoms with van der Waals surface area (Å²) in [6, 6.07) is 3.07. The highest BCUT2D eigenvalue weighted by Gasteiger charge is 2.16. The number of ether oxygens (including phenoxy) is 1. The van der Waals surface area contributed by atoms with E-state index in [0.29, 0.717) is 4.47 Å². The minimum atomic E-state index is -0.643. The van der Waals surface area contributed by atoms with Crippen LogP contribution in [0.15, 0.2) is 16.6 Å². The molecule has 18 heavy (non-hydrogen) atoms. The Hall–Kier alpha value is -0.980. The molecule has 1 heterocycles. The van der Waals surface area contributed by atoms with E-state index in [0.717, 1.165) is 0 Å². The van der Waals surface area contributed by atoms with Crippen LogP contribution >= 0.6 is 39.1 Å². The first-order valence-electron chi connectivity index (χ1n) is 4.62. The van der Waals surface area contributed by atoms with E-state index in [1.54, 1.807) is 6.07 Å². The fraction of sp³-hybridized carbons (Fsp3) is 0.100. The topological polar surface area (TPSA) is 47.9 Å². The molecule has 0 N–H and O–H groups in total. The van der Waals surface area contributed by atoms with Crippen LogP contribution in [0.1, 0.15) is 0 Å². The number of methoxy groups -OCH3 is 1. The second-order valence-electron chi connectivity index (χ2n) is 3.14. The second-order valence-corrected chi connectivity index (χ2v) is 4.71. The summed E-state index contributed by atoms with van der Waals surface area (Å²) >= 11 is 14.6. The monoisotopic (exact) mass is 351 g/mol. The molecule has 0 aliphatic carbocycles. The molecular weight excluding hydrogens is 348 g/mol. The molecule has 4 nitrogen and oxygen atoms in total. The number of hydrogen-bond acceptors (Lipinski definition) is 4. The molecule has 0 spiro atoms. The van der Waals surface area contributed by atoms with Gasteiger partial charge in [-0.1, -0.05) is 11.6 Å². The summed E-state index contributed by atoms with van der Waals surface area (Å²) in [5.41, 5.74) is 0.116. The van der Waals surface area contributed by atoms with Gasteiger partial charge in [0, 0.05) is 4.47 Å². The molecule has 0 amide bonds. The molecule has 0 fully saturated rings. The van der Waals surface area contributed by atoms with Crippen molar-refractivity contribution in [2.24, 2.45) is 0 Å². The van der Waals surface area contributed by atoms with Crippen LogP contribution in [0.3, 0.4) is 0 Å². The van der Waals surface area contributed by atoms with Gasteiger partial charge in [-0.2, -0.15) is 15.0 Å². The van der Waals surface area contributed by atoms with Gasteiger partial charge in [-0.25, -0.2) is 4.39 Å². The number of halogens is 4. The summed E-state index contributed by atoms with van der Waals surface area (Å²) in [5.74, 6) is -0.589. The van der Waals surface area contributed by atoms with Crippen LogP contribution in [-0.4, -0.2) is 22.1 Å². The normalized spacial score (nSPS) is 10.5. The first-order chi connectivity index (χ1) is 8.52. The largest absolute Gasteiger partial charge is 0.467 e. The highest BCUT2D eigenvalue weighted by molar-refractivity contribution is 9.10. The molecule has 1 aromatic carbocycles. The van der Waals surface area contributed by atoms with E-state index in [1.165, 1.54) is 13.2 Å². The highest BCUT2D eigenvalue weighted by atomic mass is 79.9. The van der Waals surface area contributed by atoms with Crippen molar-refractivity contribution in [3.05, 3.63) is 32.7 Å². The minimum absolute atomic E-state index is 0.00319. The van der Waals surface area contributed by atoms with Gasteiger partial charge in [0.2, 0.25) is 5.28 Å². The molecule has 0 bridgehead atoms. The first kappa shape index (κ1) is 13.5. The van der Waals surface area contributed by atoms with Crippen LogP contribution in [0, 0.1) is 5.82 Å². The molecule has 0 saturated heterocycles. The molecule has 0 aliphatic heterocycles. The Morgan fingerprint density at radius 3 is 2.61 bits per heavy atom. The number of rotatable bonds is 2. The van der Waals surface area contributed by atoms with E-state index in [9.17, 15) is 4.39 Å². The van der Waals surface area contributed by atoms with Gasteiger partial charge >= 0.3 is 6.01 Å². The lowest BCUT2D eigenvalue weighted by atomic mass is 10.2. The predicted octanol–water partition coefficient (Wildman–Crippen LogP) is 3.76. The van der Waals surface area contributed by atoms with Crippen molar-refractivity contribution in [2.75, 3.05) is 7.11 Å². The lowest BCUT2D eigenvalue weighted by Crippen LogP contribution is -1.99. The van der Waals surface area contributed by atoms with E-state index in [1.807, 2.05) is 0 Å². The zero-order chi connectivity index (χ0) is 13.3. The third kappa shape index (κ3) is 2.55. The number of hydrogen-bond donors (Lipinski definition) is 0. The third-order valence-electron chi connectivity index (χ3n) is 2.05. The van der Waals surface area contributed by atoms with Crippen LogP contribution < -0.4 is 4.74 Å². The smallest absolute Gasteiger partial charge is 0.321 e.